The van der Waals surface area contributed by atoms with Crippen molar-refractivity contribution < 1.29 is 5.11 Å². The minimum absolute atomic E-state index is 0.144. The van der Waals surface area contributed by atoms with Gasteiger partial charge in [0.25, 0.3) is 0 Å². The molecule has 0 radical (unpaired) electrons. The minimum atomic E-state index is 0.144. The molecule has 0 aliphatic heterocycles. The second kappa shape index (κ2) is 6.08. The lowest BCUT2D eigenvalue weighted by Crippen LogP contribution is -2.07. The fraction of sp³-hybridized carbons (Fsp3) is 0.176. The third-order valence-electron chi connectivity index (χ3n) is 3.57. The van der Waals surface area contributed by atoms with E-state index in [1.54, 1.807) is 11.3 Å². The highest BCUT2D eigenvalue weighted by molar-refractivity contribution is 9.10. The number of aliphatic hydroxyl groups excluding tert-OH is 1. The van der Waals surface area contributed by atoms with E-state index in [9.17, 15) is 5.11 Å². The lowest BCUT2D eigenvalue weighted by atomic mass is 9.92. The van der Waals surface area contributed by atoms with E-state index in [1.807, 2.05) is 12.1 Å². The zero-order valence-electron chi connectivity index (χ0n) is 10.9. The number of rotatable bonds is 4. The molecule has 102 valence electrons. The Morgan fingerprint density at radius 2 is 1.95 bits per heavy atom. The van der Waals surface area contributed by atoms with Gasteiger partial charge in [-0.05, 0) is 46.5 Å². The maximum atomic E-state index is 9.73. The molecule has 0 aliphatic carbocycles. The average Bonchev–Trinajstić information content (AvgIpc) is 2.88. The smallest absolute Gasteiger partial charge is 0.0502 e. The van der Waals surface area contributed by atoms with Gasteiger partial charge in [0.2, 0.25) is 0 Å². The van der Waals surface area contributed by atoms with Crippen LogP contribution in [0.5, 0.6) is 0 Å². The lowest BCUT2D eigenvalue weighted by Gasteiger charge is -2.14. The first kappa shape index (κ1) is 13.8. The molecule has 2 aromatic carbocycles. The number of thiophene rings is 1. The maximum absolute atomic E-state index is 9.73. The highest BCUT2D eigenvalue weighted by Crippen LogP contribution is 2.30. The molecule has 1 heterocycles. The van der Waals surface area contributed by atoms with Crippen LogP contribution in [0.1, 0.15) is 17.0 Å². The zero-order chi connectivity index (χ0) is 13.9. The summed E-state index contributed by atoms with van der Waals surface area (Å²) in [4.78, 5) is 0. The molecule has 1 N–H and O–H groups in total. The SMILES string of the molecule is OCC(Cc1csc2ccccc12)c1cccc(Br)c1. The van der Waals surface area contributed by atoms with Crippen molar-refractivity contribution in [3.63, 3.8) is 0 Å². The molecule has 0 spiro atoms. The Balaban J connectivity index is 1.92. The van der Waals surface area contributed by atoms with Gasteiger partial charge in [0.1, 0.15) is 0 Å². The van der Waals surface area contributed by atoms with Crippen molar-refractivity contribution in [2.24, 2.45) is 0 Å². The van der Waals surface area contributed by atoms with Crippen LogP contribution in [0.15, 0.2) is 58.4 Å². The topological polar surface area (TPSA) is 20.2 Å². The molecule has 3 heteroatoms. The molecule has 0 saturated heterocycles. The largest absolute Gasteiger partial charge is 0.396 e. The highest BCUT2D eigenvalue weighted by Gasteiger charge is 2.14. The summed E-state index contributed by atoms with van der Waals surface area (Å²) in [6.07, 6.45) is 0.872. The highest BCUT2D eigenvalue weighted by atomic mass is 79.9. The number of hydrogen-bond donors (Lipinski definition) is 1. The van der Waals surface area contributed by atoms with Crippen LogP contribution in [0.3, 0.4) is 0 Å². The van der Waals surface area contributed by atoms with Crippen molar-refractivity contribution in [1.82, 2.24) is 0 Å². The number of hydrogen-bond acceptors (Lipinski definition) is 2. The summed E-state index contributed by atoms with van der Waals surface area (Å²) < 4.78 is 2.37. The molecule has 0 aliphatic rings. The Hall–Kier alpha value is -1.16. The van der Waals surface area contributed by atoms with Crippen LogP contribution in [-0.2, 0) is 6.42 Å². The second-order valence-electron chi connectivity index (χ2n) is 4.90. The summed E-state index contributed by atoms with van der Waals surface area (Å²) >= 11 is 5.27. The van der Waals surface area contributed by atoms with Crippen LogP contribution in [0, 0.1) is 0 Å². The first-order valence-corrected chi connectivity index (χ1v) is 8.26. The van der Waals surface area contributed by atoms with E-state index in [1.165, 1.54) is 21.2 Å². The Morgan fingerprint density at radius 1 is 1.10 bits per heavy atom. The maximum Gasteiger partial charge on any atom is 0.0502 e. The summed E-state index contributed by atoms with van der Waals surface area (Å²) in [5, 5.41) is 13.3. The zero-order valence-corrected chi connectivity index (χ0v) is 13.3. The van der Waals surface area contributed by atoms with Crippen molar-refractivity contribution in [3.8, 4) is 0 Å². The Morgan fingerprint density at radius 3 is 2.75 bits per heavy atom. The summed E-state index contributed by atoms with van der Waals surface area (Å²) in [5.74, 6) is 0.144. The molecule has 3 aromatic rings. The molecule has 0 saturated carbocycles. The van der Waals surface area contributed by atoms with Crippen molar-refractivity contribution in [2.45, 2.75) is 12.3 Å². The number of fused-ring (bicyclic) bond motifs is 1. The predicted molar refractivity (Wildman–Crippen MR) is 89.5 cm³/mol. The van der Waals surface area contributed by atoms with E-state index in [4.69, 9.17) is 0 Å². The van der Waals surface area contributed by atoms with Gasteiger partial charge in [-0.1, -0.05) is 46.3 Å². The van der Waals surface area contributed by atoms with Gasteiger partial charge in [-0.2, -0.15) is 0 Å². The second-order valence-corrected chi connectivity index (χ2v) is 6.72. The number of aliphatic hydroxyl groups is 1. The first-order valence-electron chi connectivity index (χ1n) is 6.59. The van der Waals surface area contributed by atoms with Gasteiger partial charge in [0.05, 0.1) is 6.61 Å². The van der Waals surface area contributed by atoms with Gasteiger partial charge in [0, 0.05) is 15.1 Å². The molecule has 1 nitrogen and oxygen atoms in total. The van der Waals surface area contributed by atoms with Gasteiger partial charge in [0.15, 0.2) is 0 Å². The fourth-order valence-corrected chi connectivity index (χ4v) is 3.90. The third-order valence-corrected chi connectivity index (χ3v) is 5.07. The number of benzene rings is 2. The van der Waals surface area contributed by atoms with Crippen LogP contribution >= 0.6 is 27.3 Å². The number of halogens is 1. The van der Waals surface area contributed by atoms with E-state index in [0.29, 0.717) is 0 Å². The van der Waals surface area contributed by atoms with E-state index in [2.05, 4.69) is 57.7 Å². The van der Waals surface area contributed by atoms with E-state index < -0.39 is 0 Å². The van der Waals surface area contributed by atoms with Crippen LogP contribution in [-0.4, -0.2) is 11.7 Å². The standard InChI is InChI=1S/C17H15BrOS/c18-15-5-3-4-12(9-15)13(10-19)8-14-11-20-17-7-2-1-6-16(14)17/h1-7,9,11,13,19H,8,10H2. The molecular weight excluding hydrogens is 332 g/mol. The van der Waals surface area contributed by atoms with Gasteiger partial charge >= 0.3 is 0 Å². The summed E-state index contributed by atoms with van der Waals surface area (Å²) in [7, 11) is 0. The van der Waals surface area contributed by atoms with Crippen LogP contribution in [0.4, 0.5) is 0 Å². The molecule has 0 bridgehead atoms. The Kier molecular flexibility index (Phi) is 4.20. The summed E-state index contributed by atoms with van der Waals surface area (Å²) in [5.41, 5.74) is 2.50. The molecule has 3 rings (SSSR count). The van der Waals surface area contributed by atoms with Crippen LogP contribution in [0.25, 0.3) is 10.1 Å². The monoisotopic (exact) mass is 346 g/mol. The van der Waals surface area contributed by atoms with Gasteiger partial charge in [-0.25, -0.2) is 0 Å². The van der Waals surface area contributed by atoms with Crippen molar-refractivity contribution in [1.29, 1.82) is 0 Å². The van der Waals surface area contributed by atoms with Gasteiger partial charge < -0.3 is 5.11 Å². The Bertz CT molecular complexity index is 720. The quantitative estimate of drug-likeness (QED) is 0.706. The minimum Gasteiger partial charge on any atom is -0.396 e. The average molecular weight is 347 g/mol. The molecular formula is C17H15BrOS. The molecule has 0 fully saturated rings. The van der Waals surface area contributed by atoms with Crippen molar-refractivity contribution in [3.05, 3.63) is 69.5 Å². The van der Waals surface area contributed by atoms with Crippen molar-refractivity contribution >= 4 is 37.4 Å². The van der Waals surface area contributed by atoms with E-state index in [0.717, 1.165) is 10.9 Å². The van der Waals surface area contributed by atoms with Gasteiger partial charge in [-0.15, -0.1) is 11.3 Å². The van der Waals surface area contributed by atoms with Crippen LogP contribution in [0.2, 0.25) is 0 Å². The molecule has 1 atom stereocenters. The van der Waals surface area contributed by atoms with Gasteiger partial charge in [-0.3, -0.25) is 0 Å². The normalized spacial score (nSPS) is 12.7. The molecule has 1 aromatic heterocycles. The first-order chi connectivity index (χ1) is 9.78. The fourth-order valence-electron chi connectivity index (χ4n) is 2.50. The third kappa shape index (κ3) is 2.80. The Labute approximate surface area is 131 Å². The van der Waals surface area contributed by atoms with Crippen molar-refractivity contribution in [2.75, 3.05) is 6.61 Å². The molecule has 1 unspecified atom stereocenters. The van der Waals surface area contributed by atoms with E-state index in [-0.39, 0.29) is 12.5 Å². The molecule has 20 heavy (non-hydrogen) atoms. The van der Waals surface area contributed by atoms with E-state index >= 15 is 0 Å². The predicted octanol–water partition coefficient (Wildman–Crippen LogP) is 4.98. The summed E-state index contributed by atoms with van der Waals surface area (Å²) in [6.45, 7) is 0.167. The lowest BCUT2D eigenvalue weighted by molar-refractivity contribution is 0.264. The summed E-state index contributed by atoms with van der Waals surface area (Å²) in [6, 6.07) is 16.7. The van der Waals surface area contributed by atoms with Crippen LogP contribution < -0.4 is 0 Å². The molecule has 0 amide bonds.